The zero-order valence-electron chi connectivity index (χ0n) is 20.3. The molecule has 190 valence electrons. The van der Waals surface area contributed by atoms with Crippen molar-refractivity contribution < 1.29 is 33.0 Å². The van der Waals surface area contributed by atoms with E-state index in [0.717, 1.165) is 6.42 Å². The van der Waals surface area contributed by atoms with E-state index in [1.165, 1.54) is 0 Å². The van der Waals surface area contributed by atoms with Gasteiger partial charge in [-0.2, -0.15) is 0 Å². The number of hydrogen-bond donors (Lipinski definition) is 0. The molecule has 0 spiro atoms. The van der Waals surface area contributed by atoms with Gasteiger partial charge in [0, 0.05) is 18.3 Å². The summed E-state index contributed by atoms with van der Waals surface area (Å²) in [5.41, 5.74) is 0.760. The predicted molar refractivity (Wildman–Crippen MR) is 131 cm³/mol. The zero-order chi connectivity index (χ0) is 25.5. The molecule has 0 N–H and O–H groups in total. The molecule has 0 radical (unpaired) electrons. The topological polar surface area (TPSA) is 78.9 Å². The molecule has 1 aliphatic heterocycles. The van der Waals surface area contributed by atoms with Gasteiger partial charge in [-0.05, 0) is 36.8 Å². The van der Waals surface area contributed by atoms with Crippen LogP contribution in [0, 0.1) is 11.8 Å². The molecule has 7 heteroatoms. The fourth-order valence-electron chi connectivity index (χ4n) is 4.87. The van der Waals surface area contributed by atoms with E-state index in [9.17, 15) is 14.4 Å². The van der Waals surface area contributed by atoms with E-state index in [-0.39, 0.29) is 36.8 Å². The first-order valence-electron chi connectivity index (χ1n) is 12.5. The monoisotopic (exact) mass is 494 g/mol. The van der Waals surface area contributed by atoms with E-state index in [1.54, 1.807) is 66.7 Å². The van der Waals surface area contributed by atoms with Crippen LogP contribution in [0.1, 0.15) is 59.7 Å². The Morgan fingerprint density at radius 3 is 2.33 bits per heavy atom. The summed E-state index contributed by atoms with van der Waals surface area (Å²) >= 11 is 0. The number of benzene rings is 2. The SMILES string of the molecule is CCCCC(F)[C@@H](C=C[C@@H]1[C@H]2CC(=O)O[C@H]2C[C@H]1OC(=O)c1ccccc1)OC(=O)c1ccccc1. The Kier molecular flexibility index (Phi) is 8.52. The van der Waals surface area contributed by atoms with E-state index in [1.807, 2.05) is 13.0 Å². The second kappa shape index (κ2) is 12.0. The molecule has 2 aromatic carbocycles. The summed E-state index contributed by atoms with van der Waals surface area (Å²) in [6, 6.07) is 17.1. The van der Waals surface area contributed by atoms with E-state index >= 15 is 4.39 Å². The molecule has 1 heterocycles. The number of esters is 3. The lowest BCUT2D eigenvalue weighted by Gasteiger charge is -2.22. The summed E-state index contributed by atoms with van der Waals surface area (Å²) < 4.78 is 32.0. The Hall–Kier alpha value is -3.48. The molecule has 6 nitrogen and oxygen atoms in total. The summed E-state index contributed by atoms with van der Waals surface area (Å²) in [6.07, 6.45) is 2.15. The van der Waals surface area contributed by atoms with Gasteiger partial charge in [-0.1, -0.05) is 62.2 Å². The number of rotatable bonds is 10. The van der Waals surface area contributed by atoms with Crippen molar-refractivity contribution >= 4 is 17.9 Å². The Morgan fingerprint density at radius 2 is 1.69 bits per heavy atom. The highest BCUT2D eigenvalue weighted by Crippen LogP contribution is 2.44. The molecule has 1 aliphatic carbocycles. The normalized spacial score (nSPS) is 24.7. The average molecular weight is 495 g/mol. The van der Waals surface area contributed by atoms with Crippen LogP contribution in [0.15, 0.2) is 72.8 Å². The van der Waals surface area contributed by atoms with Gasteiger partial charge < -0.3 is 14.2 Å². The number of carbonyl (C=O) groups excluding carboxylic acids is 3. The number of fused-ring (bicyclic) bond motifs is 1. The molecule has 1 unspecified atom stereocenters. The van der Waals surface area contributed by atoms with Gasteiger partial charge in [0.2, 0.25) is 0 Å². The van der Waals surface area contributed by atoms with Crippen LogP contribution in [0.4, 0.5) is 4.39 Å². The lowest BCUT2D eigenvalue weighted by molar-refractivity contribution is -0.141. The Bertz CT molecular complexity index is 1070. The number of unbranched alkanes of at least 4 members (excludes halogenated alkanes) is 1. The summed E-state index contributed by atoms with van der Waals surface area (Å²) in [6.45, 7) is 1.97. The second-order valence-electron chi connectivity index (χ2n) is 9.30. The summed E-state index contributed by atoms with van der Waals surface area (Å²) in [5.74, 6) is -1.94. The van der Waals surface area contributed by atoms with Crippen molar-refractivity contribution in [3.8, 4) is 0 Å². The smallest absolute Gasteiger partial charge is 0.338 e. The van der Waals surface area contributed by atoms with Crippen LogP contribution < -0.4 is 0 Å². The first-order chi connectivity index (χ1) is 17.5. The molecule has 0 aromatic heterocycles. The van der Waals surface area contributed by atoms with Crippen molar-refractivity contribution in [2.45, 2.75) is 63.5 Å². The van der Waals surface area contributed by atoms with Crippen molar-refractivity contribution in [3.05, 3.63) is 83.9 Å². The highest BCUT2D eigenvalue weighted by Gasteiger charge is 2.50. The highest BCUT2D eigenvalue weighted by molar-refractivity contribution is 5.90. The summed E-state index contributed by atoms with van der Waals surface area (Å²) in [5, 5.41) is 0. The van der Waals surface area contributed by atoms with Gasteiger partial charge in [0.15, 0.2) is 6.10 Å². The maximum absolute atomic E-state index is 15.2. The van der Waals surface area contributed by atoms with Crippen LogP contribution in [0.5, 0.6) is 0 Å². The fourth-order valence-corrected chi connectivity index (χ4v) is 4.87. The third-order valence-electron chi connectivity index (χ3n) is 6.78. The molecular weight excluding hydrogens is 463 g/mol. The Labute approximate surface area is 210 Å². The number of alkyl halides is 1. The van der Waals surface area contributed by atoms with Crippen LogP contribution in [0.3, 0.4) is 0 Å². The first kappa shape index (κ1) is 25.6. The molecule has 2 fully saturated rings. The van der Waals surface area contributed by atoms with Crippen LogP contribution in [-0.4, -0.2) is 42.4 Å². The minimum atomic E-state index is -1.39. The first-order valence-corrected chi connectivity index (χ1v) is 12.5. The molecule has 2 aliphatic rings. The number of ether oxygens (including phenoxy) is 3. The average Bonchev–Trinajstić information content (AvgIpc) is 3.41. The van der Waals surface area contributed by atoms with E-state index in [0.29, 0.717) is 24.0 Å². The maximum Gasteiger partial charge on any atom is 0.338 e. The molecule has 1 saturated heterocycles. The molecule has 4 rings (SSSR count). The van der Waals surface area contributed by atoms with Crippen molar-refractivity contribution in [1.29, 1.82) is 0 Å². The molecule has 0 bridgehead atoms. The third-order valence-corrected chi connectivity index (χ3v) is 6.78. The Balaban J connectivity index is 1.53. The van der Waals surface area contributed by atoms with Gasteiger partial charge in [-0.15, -0.1) is 0 Å². The molecule has 6 atom stereocenters. The molecule has 36 heavy (non-hydrogen) atoms. The van der Waals surface area contributed by atoms with Gasteiger partial charge in [-0.25, -0.2) is 14.0 Å². The van der Waals surface area contributed by atoms with Gasteiger partial charge >= 0.3 is 17.9 Å². The summed E-state index contributed by atoms with van der Waals surface area (Å²) in [7, 11) is 0. The maximum atomic E-state index is 15.2. The molecular formula is C29H31FO6. The van der Waals surface area contributed by atoms with E-state index in [2.05, 4.69) is 0 Å². The van der Waals surface area contributed by atoms with E-state index in [4.69, 9.17) is 14.2 Å². The number of carbonyl (C=O) groups is 3. The highest BCUT2D eigenvalue weighted by atomic mass is 19.1. The standard InChI is InChI=1S/C29H31FO6/c1-2-3-14-23(30)24(35-28(32)19-10-6-4-7-11-19)16-15-21-22-17-27(31)34-26(22)18-25(21)36-29(33)20-12-8-5-9-13-20/h4-13,15-16,21-26H,2-3,14,17-18H2,1H3/t21-,22-,23?,24-,25-,26+/m1/s1. The minimum absolute atomic E-state index is 0.193. The van der Waals surface area contributed by atoms with E-state index < -0.39 is 30.3 Å². The second-order valence-corrected chi connectivity index (χ2v) is 9.30. The van der Waals surface area contributed by atoms with Gasteiger partial charge in [0.05, 0.1) is 17.5 Å². The lowest BCUT2D eigenvalue weighted by Crippen LogP contribution is -2.28. The van der Waals surface area contributed by atoms with Gasteiger partial charge in [0.1, 0.15) is 18.4 Å². The number of halogens is 1. The van der Waals surface area contributed by atoms with Gasteiger partial charge in [0.25, 0.3) is 0 Å². The minimum Gasteiger partial charge on any atom is -0.462 e. The largest absolute Gasteiger partial charge is 0.462 e. The summed E-state index contributed by atoms with van der Waals surface area (Å²) in [4.78, 5) is 37.3. The third kappa shape index (κ3) is 6.20. The fraction of sp³-hybridized carbons (Fsp3) is 0.414. The van der Waals surface area contributed by atoms with Crippen molar-refractivity contribution in [1.82, 2.24) is 0 Å². The van der Waals surface area contributed by atoms with Crippen molar-refractivity contribution in [3.63, 3.8) is 0 Å². The molecule has 2 aromatic rings. The van der Waals surface area contributed by atoms with Crippen LogP contribution in [0.2, 0.25) is 0 Å². The van der Waals surface area contributed by atoms with Crippen LogP contribution >= 0.6 is 0 Å². The predicted octanol–water partition coefficient (Wildman–Crippen LogP) is 5.47. The van der Waals surface area contributed by atoms with Crippen LogP contribution in [0.25, 0.3) is 0 Å². The van der Waals surface area contributed by atoms with Gasteiger partial charge in [-0.3, -0.25) is 4.79 Å². The zero-order valence-corrected chi connectivity index (χ0v) is 20.3. The molecule has 1 saturated carbocycles. The van der Waals surface area contributed by atoms with Crippen molar-refractivity contribution in [2.24, 2.45) is 11.8 Å². The number of hydrogen-bond acceptors (Lipinski definition) is 6. The Morgan fingerprint density at radius 1 is 1.06 bits per heavy atom. The quantitative estimate of drug-likeness (QED) is 0.247. The van der Waals surface area contributed by atoms with Crippen molar-refractivity contribution in [2.75, 3.05) is 0 Å². The molecule has 0 amide bonds. The van der Waals surface area contributed by atoms with Crippen LogP contribution in [-0.2, 0) is 19.0 Å². The lowest BCUT2D eigenvalue weighted by atomic mass is 9.91.